The molecule has 1 aliphatic heterocycles. The van der Waals surface area contributed by atoms with Crippen LogP contribution in [-0.4, -0.2) is 40.2 Å². The van der Waals surface area contributed by atoms with Crippen LogP contribution < -0.4 is 26.2 Å². The predicted octanol–water partition coefficient (Wildman–Crippen LogP) is 5.81. The number of rotatable bonds is 7. The van der Waals surface area contributed by atoms with Crippen molar-refractivity contribution in [1.82, 2.24) is 20.3 Å². The number of hydrogen-bond acceptors (Lipinski definition) is 6. The van der Waals surface area contributed by atoms with E-state index in [2.05, 4.69) is 37.0 Å². The Labute approximate surface area is 231 Å². The summed E-state index contributed by atoms with van der Waals surface area (Å²) in [5, 5.41) is 9.78. The molecular formula is C29H31ClN6O3. The quantitative estimate of drug-likeness (QED) is 0.232. The van der Waals surface area contributed by atoms with Crippen LogP contribution in [0.1, 0.15) is 36.8 Å². The molecule has 202 valence electrons. The fourth-order valence-corrected chi connectivity index (χ4v) is 5.22. The molecule has 5 rings (SSSR count). The third kappa shape index (κ3) is 6.38. The van der Waals surface area contributed by atoms with Gasteiger partial charge in [-0.1, -0.05) is 47.3 Å². The van der Waals surface area contributed by atoms with Crippen molar-refractivity contribution in [2.75, 3.05) is 23.8 Å². The summed E-state index contributed by atoms with van der Waals surface area (Å²) < 4.78 is 6.41. The minimum atomic E-state index is -0.549. The largest absolute Gasteiger partial charge is 0.492 e. The highest BCUT2D eigenvalue weighted by atomic mass is 35.5. The number of aromatic nitrogens is 3. The van der Waals surface area contributed by atoms with Crippen LogP contribution in [0.2, 0.25) is 5.02 Å². The molecule has 2 amide bonds. The average Bonchev–Trinajstić information content (AvgIpc) is 2.90. The first kappa shape index (κ1) is 26.6. The van der Waals surface area contributed by atoms with Crippen LogP contribution in [0.4, 0.5) is 16.4 Å². The summed E-state index contributed by atoms with van der Waals surface area (Å²) in [7, 11) is 0. The number of benzene rings is 2. The Kier molecular flexibility index (Phi) is 8.09. The van der Waals surface area contributed by atoms with Gasteiger partial charge in [0.05, 0.1) is 28.4 Å². The number of hydrogen-bond donors (Lipinski definition) is 4. The fraction of sp³-hybridized carbons (Fsp3) is 0.310. The molecule has 1 unspecified atom stereocenters. The Morgan fingerprint density at radius 2 is 1.85 bits per heavy atom. The van der Waals surface area contributed by atoms with Gasteiger partial charge in [-0.05, 0) is 63.4 Å². The summed E-state index contributed by atoms with van der Waals surface area (Å²) in [6.07, 6.45) is 7.37. The molecule has 4 aromatic rings. The Hall–Kier alpha value is -3.95. The third-order valence-electron chi connectivity index (χ3n) is 6.73. The summed E-state index contributed by atoms with van der Waals surface area (Å²) in [5.74, 6) is 0.620. The molecule has 0 radical (unpaired) electrons. The molecule has 0 bridgehead atoms. The number of aromatic amines is 1. The standard InChI is InChI=1S/C29H31ClN6O3/c1-17-12-18(2)14-19(13-17)25-26(39-11-7-20-6-3-4-8-31-20)21-15-24(22(30)16-23(21)34-27(25)37)35-29(38)36-28-32-9-5-10-33-28/h5,9-10,12-16,20,31H,3-4,6-8,11H2,1-2H3,(H,34,37)(H2,32,33,35,36,38). The normalized spacial score (nSPS) is 15.2. The SMILES string of the molecule is Cc1cc(C)cc(-c2c(OCCC3CCCCN3)c3cc(NC(=O)Nc4ncccn4)c(Cl)cc3[nH]c2=O)c1. The fourth-order valence-electron chi connectivity index (χ4n) is 5.01. The van der Waals surface area contributed by atoms with Crippen LogP contribution in [0, 0.1) is 13.8 Å². The number of amides is 2. The number of piperidine rings is 1. The topological polar surface area (TPSA) is 121 Å². The first-order chi connectivity index (χ1) is 18.9. The molecule has 1 atom stereocenters. The molecule has 0 spiro atoms. The van der Waals surface area contributed by atoms with Crippen molar-refractivity contribution < 1.29 is 9.53 Å². The van der Waals surface area contributed by atoms with Crippen LogP contribution in [0.5, 0.6) is 5.75 Å². The van der Waals surface area contributed by atoms with Crippen molar-refractivity contribution >= 4 is 40.2 Å². The maximum atomic E-state index is 13.4. The molecule has 2 aromatic carbocycles. The van der Waals surface area contributed by atoms with E-state index < -0.39 is 6.03 Å². The summed E-state index contributed by atoms with van der Waals surface area (Å²) in [6, 6.07) is 10.8. The van der Waals surface area contributed by atoms with Gasteiger partial charge in [-0.15, -0.1) is 0 Å². The molecule has 1 aliphatic rings. The monoisotopic (exact) mass is 546 g/mol. The number of anilines is 2. The van der Waals surface area contributed by atoms with Crippen molar-refractivity contribution in [3.05, 3.63) is 75.3 Å². The van der Waals surface area contributed by atoms with Gasteiger partial charge < -0.3 is 20.4 Å². The highest BCUT2D eigenvalue weighted by molar-refractivity contribution is 6.34. The highest BCUT2D eigenvalue weighted by Gasteiger charge is 2.20. The third-order valence-corrected chi connectivity index (χ3v) is 7.04. The number of H-pyrrole nitrogens is 1. The number of halogens is 1. The van der Waals surface area contributed by atoms with Gasteiger partial charge in [0.1, 0.15) is 5.75 Å². The van der Waals surface area contributed by atoms with Crippen molar-refractivity contribution in [2.45, 2.75) is 45.6 Å². The number of nitrogens with one attached hydrogen (secondary N) is 4. The van der Waals surface area contributed by atoms with Crippen LogP contribution >= 0.6 is 11.6 Å². The summed E-state index contributed by atoms with van der Waals surface area (Å²) in [4.78, 5) is 37.1. The Morgan fingerprint density at radius 3 is 2.56 bits per heavy atom. The molecule has 3 heterocycles. The maximum absolute atomic E-state index is 13.4. The average molecular weight is 547 g/mol. The van der Waals surface area contributed by atoms with E-state index in [0.717, 1.165) is 36.1 Å². The van der Waals surface area contributed by atoms with E-state index in [4.69, 9.17) is 16.3 Å². The number of aryl methyl sites for hydroxylation is 2. The number of ether oxygens (including phenoxy) is 1. The molecule has 0 aliphatic carbocycles. The summed E-state index contributed by atoms with van der Waals surface area (Å²) in [5.41, 5.74) is 3.90. The molecule has 1 fully saturated rings. The van der Waals surface area contributed by atoms with E-state index in [-0.39, 0.29) is 16.5 Å². The van der Waals surface area contributed by atoms with Crippen molar-refractivity contribution in [3.63, 3.8) is 0 Å². The lowest BCUT2D eigenvalue weighted by Crippen LogP contribution is -2.35. The summed E-state index contributed by atoms with van der Waals surface area (Å²) in [6.45, 7) is 5.44. The number of carbonyl (C=O) groups excluding carboxylic acids is 1. The molecule has 9 nitrogen and oxygen atoms in total. The second kappa shape index (κ2) is 11.8. The van der Waals surface area contributed by atoms with Crippen LogP contribution in [0.15, 0.2) is 53.6 Å². The van der Waals surface area contributed by atoms with E-state index in [0.29, 0.717) is 40.6 Å². The van der Waals surface area contributed by atoms with Crippen molar-refractivity contribution in [1.29, 1.82) is 0 Å². The predicted molar refractivity (Wildman–Crippen MR) is 155 cm³/mol. The Balaban J connectivity index is 1.54. The zero-order valence-corrected chi connectivity index (χ0v) is 22.7. The van der Waals surface area contributed by atoms with Crippen LogP contribution in [0.3, 0.4) is 0 Å². The molecule has 1 saturated heterocycles. The lowest BCUT2D eigenvalue weighted by Gasteiger charge is -2.24. The second-order valence-electron chi connectivity index (χ2n) is 9.85. The molecule has 0 saturated carbocycles. The second-order valence-corrected chi connectivity index (χ2v) is 10.3. The first-order valence-corrected chi connectivity index (χ1v) is 13.4. The Bertz CT molecular complexity index is 1530. The minimum absolute atomic E-state index is 0.161. The minimum Gasteiger partial charge on any atom is -0.492 e. The van der Waals surface area contributed by atoms with Gasteiger partial charge in [0.15, 0.2) is 0 Å². The van der Waals surface area contributed by atoms with E-state index in [1.165, 1.54) is 25.2 Å². The van der Waals surface area contributed by atoms with Crippen LogP contribution in [-0.2, 0) is 0 Å². The van der Waals surface area contributed by atoms with Crippen LogP contribution in [0.25, 0.3) is 22.0 Å². The molecular weight excluding hydrogens is 516 g/mol. The lowest BCUT2D eigenvalue weighted by molar-refractivity contribution is 0.262. The van der Waals surface area contributed by atoms with Gasteiger partial charge in [0, 0.05) is 23.8 Å². The molecule has 10 heteroatoms. The summed E-state index contributed by atoms with van der Waals surface area (Å²) >= 11 is 6.51. The number of pyridine rings is 1. The zero-order chi connectivity index (χ0) is 27.4. The van der Waals surface area contributed by atoms with Gasteiger partial charge >= 0.3 is 6.03 Å². The van der Waals surface area contributed by atoms with Gasteiger partial charge in [-0.3, -0.25) is 10.1 Å². The molecule has 39 heavy (non-hydrogen) atoms. The van der Waals surface area contributed by atoms with Crippen molar-refractivity contribution in [3.8, 4) is 16.9 Å². The first-order valence-electron chi connectivity index (χ1n) is 13.1. The van der Waals surface area contributed by atoms with Gasteiger partial charge in [-0.25, -0.2) is 14.8 Å². The number of fused-ring (bicyclic) bond motifs is 1. The zero-order valence-electron chi connectivity index (χ0n) is 21.9. The van der Waals surface area contributed by atoms with Gasteiger partial charge in [0.2, 0.25) is 5.95 Å². The van der Waals surface area contributed by atoms with Crippen molar-refractivity contribution in [2.24, 2.45) is 0 Å². The van der Waals surface area contributed by atoms with Gasteiger partial charge in [0.25, 0.3) is 5.56 Å². The number of carbonyl (C=O) groups is 1. The van der Waals surface area contributed by atoms with Gasteiger partial charge in [-0.2, -0.15) is 0 Å². The molecule has 2 aromatic heterocycles. The lowest BCUT2D eigenvalue weighted by atomic mass is 9.99. The maximum Gasteiger partial charge on any atom is 0.326 e. The smallest absolute Gasteiger partial charge is 0.326 e. The number of urea groups is 1. The van der Waals surface area contributed by atoms with E-state index in [1.54, 1.807) is 18.2 Å². The van der Waals surface area contributed by atoms with E-state index >= 15 is 0 Å². The molecule has 4 N–H and O–H groups in total. The number of nitrogens with zero attached hydrogens (tertiary/aromatic N) is 2. The highest BCUT2D eigenvalue weighted by Crippen LogP contribution is 2.38. The Morgan fingerprint density at radius 1 is 1.08 bits per heavy atom. The van der Waals surface area contributed by atoms with E-state index in [9.17, 15) is 9.59 Å². The van der Waals surface area contributed by atoms with E-state index in [1.807, 2.05) is 26.0 Å².